The van der Waals surface area contributed by atoms with E-state index in [1.165, 1.54) is 0 Å². The molecule has 2 fully saturated rings. The molecule has 0 unspecified atom stereocenters. The van der Waals surface area contributed by atoms with E-state index in [9.17, 15) is 5.11 Å². The monoisotopic (exact) mass is 290 g/mol. The van der Waals surface area contributed by atoms with E-state index >= 15 is 0 Å². The molecule has 2 aliphatic rings. The van der Waals surface area contributed by atoms with Gasteiger partial charge in [0.2, 0.25) is 0 Å². The van der Waals surface area contributed by atoms with Gasteiger partial charge in [-0.3, -0.25) is 0 Å². The third kappa shape index (κ3) is 2.68. The summed E-state index contributed by atoms with van der Waals surface area (Å²) in [6.45, 7) is 9.61. The summed E-state index contributed by atoms with van der Waals surface area (Å²) in [7, 11) is -0.442. The Hall–Kier alpha value is -1.11. The minimum atomic E-state index is -0.442. The van der Waals surface area contributed by atoms with Gasteiger partial charge in [0, 0.05) is 13.1 Å². The number of nitrogens with zero attached hydrogens (tertiary/aromatic N) is 2. The van der Waals surface area contributed by atoms with E-state index in [1.807, 2.05) is 45.9 Å². The highest BCUT2D eigenvalue weighted by atomic mass is 16.7. The van der Waals surface area contributed by atoms with Crippen molar-refractivity contribution in [3.63, 3.8) is 0 Å². The van der Waals surface area contributed by atoms with Gasteiger partial charge in [-0.2, -0.15) is 0 Å². The molecule has 0 aliphatic carbocycles. The molecule has 114 valence electrons. The van der Waals surface area contributed by atoms with Gasteiger partial charge in [-0.15, -0.1) is 0 Å². The number of hydrogen-bond donors (Lipinski definition) is 1. The van der Waals surface area contributed by atoms with E-state index in [2.05, 4.69) is 9.88 Å². The molecular weight excluding hydrogens is 267 g/mol. The lowest BCUT2D eigenvalue weighted by Gasteiger charge is -2.32. The molecule has 21 heavy (non-hydrogen) atoms. The second-order valence-corrected chi connectivity index (χ2v) is 6.90. The summed E-state index contributed by atoms with van der Waals surface area (Å²) >= 11 is 0. The lowest BCUT2D eigenvalue weighted by atomic mass is 9.84. The van der Waals surface area contributed by atoms with E-state index in [1.54, 1.807) is 0 Å². The highest BCUT2D eigenvalue weighted by molar-refractivity contribution is 6.61. The summed E-state index contributed by atoms with van der Waals surface area (Å²) in [6.07, 6.45) is 0.537. The molecule has 5 nitrogen and oxygen atoms in total. The van der Waals surface area contributed by atoms with Gasteiger partial charge >= 0.3 is 7.12 Å². The van der Waals surface area contributed by atoms with Crippen LogP contribution in [0.3, 0.4) is 0 Å². The van der Waals surface area contributed by atoms with Gasteiger partial charge in [0.15, 0.2) is 0 Å². The van der Waals surface area contributed by atoms with Crippen molar-refractivity contribution in [3.8, 4) is 0 Å². The van der Waals surface area contributed by atoms with Gasteiger partial charge in [-0.1, -0.05) is 6.07 Å². The molecule has 0 aromatic carbocycles. The standard InChI is InChI=1S/C15H23BN2O3/c1-14(2)15(3,4)21-16(20-14)12-6-5-7-13(17-12)18-9-8-11(19)10-18/h5-7,11,19H,8-10H2,1-4H3/t11-/m0/s1. The minimum Gasteiger partial charge on any atom is -0.398 e. The predicted molar refractivity (Wildman–Crippen MR) is 82.8 cm³/mol. The van der Waals surface area contributed by atoms with Crippen LogP contribution < -0.4 is 10.5 Å². The second-order valence-electron chi connectivity index (χ2n) is 6.90. The van der Waals surface area contributed by atoms with Crippen LogP contribution in [0.4, 0.5) is 5.82 Å². The first-order valence-electron chi connectivity index (χ1n) is 7.54. The molecule has 3 rings (SSSR count). The topological polar surface area (TPSA) is 54.8 Å². The number of β-amino-alcohol motifs (C(OH)–C–C–N with tert-alkyl or cyclic N) is 1. The first kappa shape index (κ1) is 14.8. The Morgan fingerprint density at radius 3 is 2.48 bits per heavy atom. The quantitative estimate of drug-likeness (QED) is 0.822. The van der Waals surface area contributed by atoms with Crippen LogP contribution >= 0.6 is 0 Å². The lowest BCUT2D eigenvalue weighted by Crippen LogP contribution is -2.41. The molecule has 1 N–H and O–H groups in total. The first-order valence-corrected chi connectivity index (χ1v) is 7.54. The molecule has 2 saturated heterocycles. The van der Waals surface area contributed by atoms with Crippen molar-refractivity contribution in [1.29, 1.82) is 0 Å². The second kappa shape index (κ2) is 4.97. The summed E-state index contributed by atoms with van der Waals surface area (Å²) in [5.74, 6) is 0.874. The molecule has 3 heterocycles. The number of aliphatic hydroxyl groups excluding tert-OH is 1. The maximum absolute atomic E-state index is 9.66. The van der Waals surface area contributed by atoms with Crippen LogP contribution in [0.2, 0.25) is 0 Å². The Bertz CT molecular complexity index is 519. The minimum absolute atomic E-state index is 0.257. The van der Waals surface area contributed by atoms with Crippen molar-refractivity contribution in [2.24, 2.45) is 0 Å². The Kier molecular flexibility index (Phi) is 3.51. The maximum atomic E-state index is 9.66. The zero-order valence-electron chi connectivity index (χ0n) is 13.2. The van der Waals surface area contributed by atoms with E-state index < -0.39 is 7.12 Å². The Labute approximate surface area is 126 Å². The van der Waals surface area contributed by atoms with Gasteiger partial charge in [-0.25, -0.2) is 4.98 Å². The Morgan fingerprint density at radius 2 is 1.90 bits per heavy atom. The van der Waals surface area contributed by atoms with Crippen LogP contribution in [0.1, 0.15) is 34.1 Å². The molecule has 1 atom stereocenters. The van der Waals surface area contributed by atoms with Crippen molar-refractivity contribution in [3.05, 3.63) is 18.2 Å². The summed E-state index contributed by atoms with van der Waals surface area (Å²) in [5, 5.41) is 9.66. The molecular formula is C15H23BN2O3. The summed E-state index contributed by atoms with van der Waals surface area (Å²) in [5.41, 5.74) is 0.0609. The van der Waals surface area contributed by atoms with Crippen molar-refractivity contribution < 1.29 is 14.4 Å². The molecule has 6 heteroatoms. The number of aromatic nitrogens is 1. The zero-order valence-corrected chi connectivity index (χ0v) is 13.2. The molecule has 1 aromatic heterocycles. The molecule has 2 aliphatic heterocycles. The van der Waals surface area contributed by atoms with Crippen molar-refractivity contribution in [1.82, 2.24) is 4.98 Å². The molecule has 0 amide bonds. The van der Waals surface area contributed by atoms with Crippen LogP contribution in [-0.2, 0) is 9.31 Å². The van der Waals surface area contributed by atoms with Crippen LogP contribution in [0.5, 0.6) is 0 Å². The summed E-state index contributed by atoms with van der Waals surface area (Å²) in [4.78, 5) is 6.76. The van der Waals surface area contributed by atoms with Crippen LogP contribution in [0, 0.1) is 0 Å². The highest BCUT2D eigenvalue weighted by Crippen LogP contribution is 2.36. The van der Waals surface area contributed by atoms with Gasteiger partial charge in [0.1, 0.15) is 5.82 Å². The van der Waals surface area contributed by atoms with Crippen LogP contribution in [0.15, 0.2) is 18.2 Å². The van der Waals surface area contributed by atoms with E-state index in [-0.39, 0.29) is 17.3 Å². The number of anilines is 1. The number of hydrogen-bond acceptors (Lipinski definition) is 5. The average Bonchev–Trinajstić information content (AvgIpc) is 2.92. The van der Waals surface area contributed by atoms with Gasteiger partial charge in [-0.05, 0) is 46.2 Å². The number of rotatable bonds is 2. The maximum Gasteiger partial charge on any atom is 0.514 e. The van der Waals surface area contributed by atoms with Gasteiger partial charge < -0.3 is 19.3 Å². The average molecular weight is 290 g/mol. The van der Waals surface area contributed by atoms with E-state index in [0.29, 0.717) is 6.54 Å². The fourth-order valence-corrected chi connectivity index (χ4v) is 2.66. The van der Waals surface area contributed by atoms with Crippen LogP contribution in [-0.4, -0.2) is 47.6 Å². The number of pyridine rings is 1. The van der Waals surface area contributed by atoms with Gasteiger partial charge in [0.05, 0.1) is 22.9 Å². The highest BCUT2D eigenvalue weighted by Gasteiger charge is 2.52. The van der Waals surface area contributed by atoms with Crippen molar-refractivity contribution in [2.75, 3.05) is 18.0 Å². The smallest absolute Gasteiger partial charge is 0.398 e. The van der Waals surface area contributed by atoms with Gasteiger partial charge in [0.25, 0.3) is 0 Å². The third-order valence-corrected chi connectivity index (χ3v) is 4.74. The normalized spacial score (nSPS) is 27.4. The Balaban J connectivity index is 1.81. The SMILES string of the molecule is CC1(C)OB(c2cccc(N3CC[C@H](O)C3)n2)OC1(C)C. The molecule has 1 aromatic rings. The van der Waals surface area contributed by atoms with E-state index in [0.717, 1.165) is 24.4 Å². The fourth-order valence-electron chi connectivity index (χ4n) is 2.66. The fraction of sp³-hybridized carbons (Fsp3) is 0.667. The lowest BCUT2D eigenvalue weighted by molar-refractivity contribution is 0.00578. The molecule has 0 spiro atoms. The third-order valence-electron chi connectivity index (χ3n) is 4.74. The first-order chi connectivity index (χ1) is 9.78. The summed E-state index contributed by atoms with van der Waals surface area (Å²) in [6, 6.07) is 5.86. The molecule has 0 saturated carbocycles. The summed E-state index contributed by atoms with van der Waals surface area (Å²) < 4.78 is 12.1. The largest absolute Gasteiger partial charge is 0.514 e. The molecule has 0 bridgehead atoms. The van der Waals surface area contributed by atoms with Crippen molar-refractivity contribution >= 4 is 18.5 Å². The van der Waals surface area contributed by atoms with Crippen molar-refractivity contribution in [2.45, 2.75) is 51.4 Å². The Morgan fingerprint density at radius 1 is 1.24 bits per heavy atom. The molecule has 0 radical (unpaired) electrons. The number of aliphatic hydroxyl groups is 1. The zero-order chi connectivity index (χ0) is 15.3. The predicted octanol–water partition coefficient (Wildman–Crippen LogP) is 0.952. The van der Waals surface area contributed by atoms with E-state index in [4.69, 9.17) is 9.31 Å². The van der Waals surface area contributed by atoms with Crippen LogP contribution in [0.25, 0.3) is 0 Å².